The van der Waals surface area contributed by atoms with Crippen molar-refractivity contribution in [1.29, 1.82) is 0 Å². The summed E-state index contributed by atoms with van der Waals surface area (Å²) < 4.78 is 13.4. The van der Waals surface area contributed by atoms with Gasteiger partial charge in [0.2, 0.25) is 5.88 Å². The molecule has 5 rings (SSSR count). The number of pyridine rings is 1. The third-order valence-corrected chi connectivity index (χ3v) is 8.15. The van der Waals surface area contributed by atoms with Gasteiger partial charge in [-0.1, -0.05) is 23.2 Å². The summed E-state index contributed by atoms with van der Waals surface area (Å²) in [5.41, 5.74) is 2.69. The molecule has 4 aromatic rings. The first-order chi connectivity index (χ1) is 21.3. The molecule has 0 bridgehead atoms. The summed E-state index contributed by atoms with van der Waals surface area (Å²) in [6, 6.07) is 15.8. The number of anilines is 1. The fraction of sp³-hybridized carbons (Fsp3) is 0.333. The van der Waals surface area contributed by atoms with E-state index in [1.807, 2.05) is 63.6 Å². The number of carbonyl (C=O) groups excluding carboxylic acids is 3. The van der Waals surface area contributed by atoms with Crippen LogP contribution < -0.4 is 10.1 Å². The van der Waals surface area contributed by atoms with Crippen molar-refractivity contribution in [3.8, 4) is 11.6 Å². The van der Waals surface area contributed by atoms with Gasteiger partial charge in [-0.2, -0.15) is 0 Å². The van der Waals surface area contributed by atoms with Gasteiger partial charge < -0.3 is 29.2 Å². The number of nitrogens with one attached hydrogen (secondary N) is 1. The third-order valence-electron chi connectivity index (χ3n) is 7.42. The van der Waals surface area contributed by atoms with Crippen molar-refractivity contribution in [1.82, 2.24) is 19.4 Å². The Balaban J connectivity index is 1.21. The summed E-state index contributed by atoms with van der Waals surface area (Å²) in [6.07, 6.45) is -0.364. The molecule has 0 radical (unpaired) electrons. The lowest BCUT2D eigenvalue weighted by Crippen LogP contribution is -2.51. The normalized spacial score (nSPS) is 13.6. The first-order valence-corrected chi connectivity index (χ1v) is 15.3. The third kappa shape index (κ3) is 7.51. The number of amides is 2. The predicted octanol–water partition coefficient (Wildman–Crippen LogP) is 6.97. The van der Waals surface area contributed by atoms with Crippen LogP contribution in [0.5, 0.6) is 11.6 Å². The van der Waals surface area contributed by atoms with E-state index in [0.717, 1.165) is 10.9 Å². The van der Waals surface area contributed by atoms with Gasteiger partial charge in [-0.3, -0.25) is 9.59 Å². The van der Waals surface area contributed by atoms with Crippen molar-refractivity contribution in [3.05, 3.63) is 81.6 Å². The summed E-state index contributed by atoms with van der Waals surface area (Å²) in [5.74, 6) is 0.729. The zero-order valence-electron chi connectivity index (χ0n) is 25.8. The minimum atomic E-state index is -0.568. The van der Waals surface area contributed by atoms with Crippen molar-refractivity contribution in [3.63, 3.8) is 0 Å². The first kappa shape index (κ1) is 32.1. The molecule has 0 unspecified atom stereocenters. The van der Waals surface area contributed by atoms with Gasteiger partial charge in [-0.05, 0) is 76.2 Å². The highest BCUT2D eigenvalue weighted by Crippen LogP contribution is 2.29. The standard InChI is InChI=1S/C33H35Cl2N5O5/c1-20-26(36-19-29(41)21-6-8-24(34)25(35)17-21)9-11-30(37-20)44-23-7-10-27-22(16-23)18-28(38(27)5)31(42)39-12-14-40(15-13-39)32(43)45-33(2,3)4/h6-11,16-18,36H,12-15,19H2,1-5H3. The van der Waals surface area contributed by atoms with Gasteiger partial charge in [-0.25, -0.2) is 9.78 Å². The summed E-state index contributed by atoms with van der Waals surface area (Å²) in [4.78, 5) is 46.4. The molecule has 0 spiro atoms. The van der Waals surface area contributed by atoms with Crippen LogP contribution in [0.4, 0.5) is 10.5 Å². The number of Topliss-reactive ketones (excluding diaryl/α,β-unsaturated/α-hetero) is 1. The number of hydrogen-bond donors (Lipinski definition) is 1. The lowest BCUT2D eigenvalue weighted by molar-refractivity contribution is 0.0139. The van der Waals surface area contributed by atoms with E-state index >= 15 is 0 Å². The molecule has 45 heavy (non-hydrogen) atoms. The molecule has 0 aliphatic carbocycles. The van der Waals surface area contributed by atoms with E-state index in [4.69, 9.17) is 32.7 Å². The molecule has 2 aromatic heterocycles. The van der Waals surface area contributed by atoms with Gasteiger partial charge in [0.15, 0.2) is 5.78 Å². The maximum Gasteiger partial charge on any atom is 0.410 e. The zero-order valence-corrected chi connectivity index (χ0v) is 27.3. The lowest BCUT2D eigenvalue weighted by Gasteiger charge is -2.35. The molecule has 1 fully saturated rings. The molecule has 3 heterocycles. The average molecular weight is 653 g/mol. The zero-order chi connectivity index (χ0) is 32.5. The van der Waals surface area contributed by atoms with Crippen LogP contribution in [-0.2, 0) is 11.8 Å². The SMILES string of the molecule is Cc1nc(Oc2ccc3c(c2)cc(C(=O)N2CCN(C(=O)OC(C)(C)C)CC2)n3C)ccc1NCC(=O)c1ccc(Cl)c(Cl)c1. The Hall–Kier alpha value is -4.28. The number of benzene rings is 2. The first-order valence-electron chi connectivity index (χ1n) is 14.5. The van der Waals surface area contributed by atoms with E-state index < -0.39 is 5.60 Å². The van der Waals surface area contributed by atoms with Gasteiger partial charge in [0.25, 0.3) is 5.91 Å². The van der Waals surface area contributed by atoms with Crippen molar-refractivity contribution in [2.45, 2.75) is 33.3 Å². The monoisotopic (exact) mass is 651 g/mol. The van der Waals surface area contributed by atoms with Crippen LogP contribution >= 0.6 is 23.2 Å². The molecule has 1 aliphatic rings. The maximum atomic E-state index is 13.4. The van der Waals surface area contributed by atoms with Crippen molar-refractivity contribution in [2.75, 3.05) is 38.0 Å². The van der Waals surface area contributed by atoms with Crippen LogP contribution in [0.25, 0.3) is 10.9 Å². The molecule has 12 heteroatoms. The van der Waals surface area contributed by atoms with E-state index in [1.165, 1.54) is 0 Å². The van der Waals surface area contributed by atoms with Gasteiger partial charge in [0, 0.05) is 55.8 Å². The number of ketones is 1. The largest absolute Gasteiger partial charge is 0.444 e. The molecule has 0 saturated carbocycles. The number of aromatic nitrogens is 2. The quantitative estimate of drug-likeness (QED) is 0.215. The van der Waals surface area contributed by atoms with E-state index in [0.29, 0.717) is 70.5 Å². The number of rotatable bonds is 7. The fourth-order valence-corrected chi connectivity index (χ4v) is 5.32. The Morgan fingerprint density at radius 2 is 1.62 bits per heavy atom. The van der Waals surface area contributed by atoms with E-state index in [2.05, 4.69) is 10.3 Å². The highest BCUT2D eigenvalue weighted by Gasteiger charge is 2.29. The van der Waals surface area contributed by atoms with Crippen molar-refractivity contribution in [2.24, 2.45) is 7.05 Å². The highest BCUT2D eigenvalue weighted by atomic mass is 35.5. The number of halogens is 2. The van der Waals surface area contributed by atoms with Crippen molar-refractivity contribution >= 4 is 57.6 Å². The number of carbonyl (C=O) groups is 3. The lowest BCUT2D eigenvalue weighted by atomic mass is 10.1. The number of hydrogen-bond acceptors (Lipinski definition) is 7. The number of ether oxygens (including phenoxy) is 2. The molecule has 2 aromatic carbocycles. The molecular weight excluding hydrogens is 617 g/mol. The summed E-state index contributed by atoms with van der Waals surface area (Å²) in [7, 11) is 1.86. The van der Waals surface area contributed by atoms with Crippen LogP contribution in [0.3, 0.4) is 0 Å². The molecule has 0 atom stereocenters. The van der Waals surface area contributed by atoms with Crippen LogP contribution in [-0.4, -0.2) is 75.5 Å². The topological polar surface area (TPSA) is 106 Å². The summed E-state index contributed by atoms with van der Waals surface area (Å²) in [5, 5.41) is 4.68. The minimum absolute atomic E-state index is 0.0613. The molecule has 1 N–H and O–H groups in total. The molecule has 1 aliphatic heterocycles. The highest BCUT2D eigenvalue weighted by molar-refractivity contribution is 6.42. The average Bonchev–Trinajstić information content (AvgIpc) is 3.32. The minimum Gasteiger partial charge on any atom is -0.444 e. The summed E-state index contributed by atoms with van der Waals surface area (Å²) >= 11 is 12.0. The Kier molecular flexibility index (Phi) is 9.27. The van der Waals surface area contributed by atoms with Crippen LogP contribution in [0, 0.1) is 6.92 Å². The fourth-order valence-electron chi connectivity index (χ4n) is 5.03. The molecule has 1 saturated heterocycles. The predicted molar refractivity (Wildman–Crippen MR) is 175 cm³/mol. The van der Waals surface area contributed by atoms with E-state index in [9.17, 15) is 14.4 Å². The van der Waals surface area contributed by atoms with E-state index in [-0.39, 0.29) is 24.3 Å². The van der Waals surface area contributed by atoms with Gasteiger partial charge in [0.1, 0.15) is 17.0 Å². The number of nitrogens with zero attached hydrogens (tertiary/aromatic N) is 4. The molecule has 2 amide bonds. The van der Waals surface area contributed by atoms with Crippen LogP contribution in [0.15, 0.2) is 54.6 Å². The van der Waals surface area contributed by atoms with Crippen molar-refractivity contribution < 1.29 is 23.9 Å². The van der Waals surface area contributed by atoms with Crippen LogP contribution in [0.2, 0.25) is 10.0 Å². The van der Waals surface area contributed by atoms with Gasteiger partial charge >= 0.3 is 6.09 Å². The second-order valence-corrected chi connectivity index (χ2v) is 12.7. The Morgan fingerprint density at radius 1 is 0.911 bits per heavy atom. The maximum absolute atomic E-state index is 13.4. The van der Waals surface area contributed by atoms with Gasteiger partial charge in [-0.15, -0.1) is 0 Å². The Morgan fingerprint density at radius 3 is 2.29 bits per heavy atom. The Bertz CT molecular complexity index is 1770. The molecular formula is C33H35Cl2N5O5. The Labute approximate surface area is 271 Å². The smallest absolute Gasteiger partial charge is 0.410 e. The molecule has 236 valence electrons. The number of piperazine rings is 1. The van der Waals surface area contributed by atoms with E-state index in [1.54, 1.807) is 40.1 Å². The number of aryl methyl sites for hydroxylation is 2. The number of fused-ring (bicyclic) bond motifs is 1. The summed E-state index contributed by atoms with van der Waals surface area (Å²) in [6.45, 7) is 9.06. The van der Waals surface area contributed by atoms with Crippen LogP contribution in [0.1, 0.15) is 47.3 Å². The molecule has 10 nitrogen and oxygen atoms in total. The van der Waals surface area contributed by atoms with Gasteiger partial charge in [0.05, 0.1) is 28.0 Å². The second-order valence-electron chi connectivity index (χ2n) is 11.9. The second kappa shape index (κ2) is 13.0.